The first-order valence-corrected chi connectivity index (χ1v) is 10.1. The summed E-state index contributed by atoms with van der Waals surface area (Å²) in [6.45, 7) is 5.74. The number of carbonyl (C=O) groups excluding carboxylic acids is 2. The maximum Gasteiger partial charge on any atom is 0.407 e. The van der Waals surface area contributed by atoms with Crippen LogP contribution in [-0.2, 0) is 4.74 Å². The number of ether oxygens (including phenoxy) is 1. The molecule has 34 heavy (non-hydrogen) atoms. The number of alkyl carbamates (subject to hydrolysis) is 1. The van der Waals surface area contributed by atoms with Crippen LogP contribution in [-0.4, -0.2) is 35.1 Å². The summed E-state index contributed by atoms with van der Waals surface area (Å²) in [5.74, 6) is -1.03. The van der Waals surface area contributed by atoms with Gasteiger partial charge in [0.15, 0.2) is 5.78 Å². The first kappa shape index (κ1) is 27.5. The lowest BCUT2D eigenvalue weighted by molar-refractivity contribution is 0.0525. The molecule has 0 bridgehead atoms. The third-order valence-electron chi connectivity index (χ3n) is 3.87. The zero-order valence-electron chi connectivity index (χ0n) is 19.0. The Bertz CT molecular complexity index is 1060. The van der Waals surface area contributed by atoms with E-state index in [1.807, 2.05) is 0 Å². The van der Waals surface area contributed by atoms with E-state index in [9.17, 15) is 14.4 Å². The second-order valence-electron chi connectivity index (χ2n) is 7.73. The van der Waals surface area contributed by atoms with Crippen LogP contribution in [0.5, 0.6) is 0 Å². The first-order valence-electron chi connectivity index (χ1n) is 10.1. The molecule has 0 fully saturated rings. The van der Waals surface area contributed by atoms with Gasteiger partial charge in [-0.05, 0) is 50.4 Å². The molecule has 0 aliphatic rings. The predicted molar refractivity (Wildman–Crippen MR) is 125 cm³/mol. The second-order valence-corrected chi connectivity index (χ2v) is 7.73. The number of hydrogen-bond donors (Lipinski definition) is 2. The maximum atomic E-state index is 11.9. The topological polar surface area (TPSA) is 190 Å². The molecule has 2 aromatic carbocycles. The Labute approximate surface area is 195 Å². The Morgan fingerprint density at radius 3 is 1.79 bits per heavy atom. The van der Waals surface area contributed by atoms with Crippen molar-refractivity contribution in [1.82, 2.24) is 5.32 Å². The molecule has 0 spiro atoms. The van der Waals surface area contributed by atoms with Crippen LogP contribution in [0, 0.1) is 0 Å². The van der Waals surface area contributed by atoms with Crippen molar-refractivity contribution in [2.24, 2.45) is 10.2 Å². The zero-order valence-corrected chi connectivity index (χ0v) is 19.0. The van der Waals surface area contributed by atoms with E-state index in [4.69, 9.17) is 20.9 Å². The highest BCUT2D eigenvalue weighted by Gasteiger charge is 2.15. The smallest absolute Gasteiger partial charge is 0.407 e. The van der Waals surface area contributed by atoms with Crippen molar-refractivity contribution in [3.63, 3.8) is 0 Å². The zero-order chi connectivity index (χ0) is 25.6. The van der Waals surface area contributed by atoms with Gasteiger partial charge in [-0.1, -0.05) is 46.6 Å². The summed E-state index contributed by atoms with van der Waals surface area (Å²) in [6.07, 6.45) is 0.353. The fraction of sp³-hybridized carbons (Fsp3) is 0.318. The molecule has 0 heterocycles. The van der Waals surface area contributed by atoms with Gasteiger partial charge in [-0.15, -0.1) is 0 Å². The van der Waals surface area contributed by atoms with Gasteiger partial charge in [0.2, 0.25) is 0 Å². The van der Waals surface area contributed by atoms with Crippen LogP contribution in [0.25, 0.3) is 20.9 Å². The number of aromatic carboxylic acids is 1. The lowest BCUT2D eigenvalue weighted by Gasteiger charge is -2.19. The summed E-state index contributed by atoms with van der Waals surface area (Å²) < 4.78 is 5.09. The highest BCUT2D eigenvalue weighted by atomic mass is 16.6. The van der Waals surface area contributed by atoms with Crippen LogP contribution in [0.1, 0.15) is 54.3 Å². The average molecular weight is 467 g/mol. The maximum absolute atomic E-state index is 11.9. The van der Waals surface area contributed by atoms with Crippen molar-refractivity contribution in [2.45, 2.75) is 39.2 Å². The number of nitrogens with one attached hydrogen (secondary N) is 1. The van der Waals surface area contributed by atoms with E-state index in [0.29, 0.717) is 36.3 Å². The number of hydrogen-bond acceptors (Lipinski definition) is 6. The van der Waals surface area contributed by atoms with E-state index in [1.165, 1.54) is 24.3 Å². The van der Waals surface area contributed by atoms with E-state index in [1.54, 1.807) is 45.0 Å². The molecule has 2 rings (SSSR count). The minimum Gasteiger partial charge on any atom is -0.478 e. The number of ketones is 1. The molecule has 0 atom stereocenters. The van der Waals surface area contributed by atoms with Gasteiger partial charge in [0.25, 0.3) is 0 Å². The molecule has 12 heteroatoms. The molecule has 0 aromatic heterocycles. The van der Waals surface area contributed by atoms with Gasteiger partial charge in [-0.3, -0.25) is 4.79 Å². The summed E-state index contributed by atoms with van der Waals surface area (Å²) in [4.78, 5) is 38.9. The van der Waals surface area contributed by atoms with Crippen LogP contribution in [0.4, 0.5) is 16.2 Å². The largest absolute Gasteiger partial charge is 0.478 e. The van der Waals surface area contributed by atoms with Crippen molar-refractivity contribution in [3.8, 4) is 0 Å². The molecule has 0 saturated carbocycles. The summed E-state index contributed by atoms with van der Waals surface area (Å²) in [7, 11) is 0. The molecule has 0 radical (unpaired) electrons. The molecule has 0 aliphatic carbocycles. The van der Waals surface area contributed by atoms with Gasteiger partial charge in [0.05, 0.1) is 5.56 Å². The standard InChI is InChI=1S/C15H20N4O3.C7H5N3O2/c1-15(2,3)22-14(21)17-10-4-5-13(20)11-6-8-12(9-7-11)18-19-16;8-10-9-6-3-1-5(2-4-6)7(11)12/h6-9H,4-5,10H2,1-3H3,(H,17,21);1-4H,(H,11,12). The number of rotatable bonds is 8. The van der Waals surface area contributed by atoms with E-state index >= 15 is 0 Å². The van der Waals surface area contributed by atoms with Crippen molar-refractivity contribution in [3.05, 3.63) is 80.5 Å². The molecule has 0 unspecified atom stereocenters. The van der Waals surface area contributed by atoms with Crippen molar-refractivity contribution < 1.29 is 24.2 Å². The van der Waals surface area contributed by atoms with Crippen LogP contribution < -0.4 is 5.32 Å². The number of carbonyl (C=O) groups is 3. The summed E-state index contributed by atoms with van der Waals surface area (Å²) >= 11 is 0. The third kappa shape index (κ3) is 11.2. The minimum absolute atomic E-state index is 0.0292. The highest BCUT2D eigenvalue weighted by molar-refractivity contribution is 5.96. The van der Waals surface area contributed by atoms with E-state index < -0.39 is 17.7 Å². The summed E-state index contributed by atoms with van der Waals surface area (Å²) in [6, 6.07) is 12.1. The van der Waals surface area contributed by atoms with Crippen molar-refractivity contribution in [2.75, 3.05) is 6.54 Å². The Hall–Kier alpha value is -4.53. The van der Waals surface area contributed by atoms with Gasteiger partial charge < -0.3 is 15.2 Å². The Balaban J connectivity index is 0.000000404. The number of carboxylic acid groups (broad SMARTS) is 1. The summed E-state index contributed by atoms with van der Waals surface area (Å²) in [5.41, 5.74) is 17.4. The first-order chi connectivity index (χ1) is 16.1. The van der Waals surface area contributed by atoms with Crippen LogP contribution >= 0.6 is 0 Å². The van der Waals surface area contributed by atoms with Gasteiger partial charge in [-0.2, -0.15) is 0 Å². The van der Waals surface area contributed by atoms with Crippen LogP contribution in [0.3, 0.4) is 0 Å². The average Bonchev–Trinajstić information content (AvgIpc) is 2.77. The van der Waals surface area contributed by atoms with Crippen LogP contribution in [0.15, 0.2) is 58.8 Å². The molecular formula is C22H25N7O5. The highest BCUT2D eigenvalue weighted by Crippen LogP contribution is 2.15. The lowest BCUT2D eigenvalue weighted by Crippen LogP contribution is -2.33. The quantitative estimate of drug-likeness (QED) is 0.148. The predicted octanol–water partition coefficient (Wildman–Crippen LogP) is 6.44. The number of Topliss-reactive ketones (excluding diaryl/α,β-unsaturated/α-hetero) is 1. The van der Waals surface area contributed by atoms with Gasteiger partial charge >= 0.3 is 12.1 Å². The molecule has 2 aromatic rings. The van der Waals surface area contributed by atoms with E-state index in [2.05, 4.69) is 25.4 Å². The Morgan fingerprint density at radius 1 is 0.912 bits per heavy atom. The van der Waals surface area contributed by atoms with Crippen molar-refractivity contribution in [1.29, 1.82) is 0 Å². The summed E-state index contributed by atoms with van der Waals surface area (Å²) in [5, 5.41) is 17.8. The molecule has 2 N–H and O–H groups in total. The fourth-order valence-corrected chi connectivity index (χ4v) is 2.39. The SMILES string of the molecule is CC(C)(C)OC(=O)NCCCC(=O)c1ccc(N=[N+]=[N-])cc1.[N-]=[N+]=Nc1ccc(C(=O)O)cc1. The molecule has 12 nitrogen and oxygen atoms in total. The number of amides is 1. The van der Waals surface area contributed by atoms with Crippen molar-refractivity contribution >= 4 is 29.2 Å². The Morgan fingerprint density at radius 2 is 1.38 bits per heavy atom. The fourth-order valence-electron chi connectivity index (χ4n) is 2.39. The monoisotopic (exact) mass is 467 g/mol. The van der Waals surface area contributed by atoms with E-state index in [-0.39, 0.29) is 11.3 Å². The van der Waals surface area contributed by atoms with E-state index in [0.717, 1.165) is 0 Å². The molecular weight excluding hydrogens is 442 g/mol. The molecule has 178 valence electrons. The molecule has 1 amide bonds. The van der Waals surface area contributed by atoms with Gasteiger partial charge in [-0.25, -0.2) is 9.59 Å². The second kappa shape index (κ2) is 13.8. The molecule has 0 saturated heterocycles. The number of benzene rings is 2. The number of azide groups is 2. The normalized spacial score (nSPS) is 9.85. The Kier molecular flexibility index (Phi) is 11.2. The molecule has 0 aliphatic heterocycles. The van der Waals surface area contributed by atoms with Gasteiger partial charge in [0, 0.05) is 39.7 Å². The lowest BCUT2D eigenvalue weighted by atomic mass is 10.1. The van der Waals surface area contributed by atoms with Crippen LogP contribution in [0.2, 0.25) is 0 Å². The number of nitrogens with zero attached hydrogens (tertiary/aromatic N) is 6. The minimum atomic E-state index is -0.998. The van der Waals surface area contributed by atoms with Gasteiger partial charge in [0.1, 0.15) is 5.60 Å². The number of carboxylic acids is 1. The third-order valence-corrected chi connectivity index (χ3v) is 3.87.